The Hall–Kier alpha value is -1.65. The minimum Gasteiger partial charge on any atom is -0.462 e. The van der Waals surface area contributed by atoms with Gasteiger partial charge >= 0.3 is 11.9 Å². The smallest absolute Gasteiger partial charge is 0.309 e. The van der Waals surface area contributed by atoms with Crippen LogP contribution in [0.2, 0.25) is 0 Å². The zero-order chi connectivity index (χ0) is 16.4. The van der Waals surface area contributed by atoms with Gasteiger partial charge in [-0.2, -0.15) is 0 Å². The fourth-order valence-electron chi connectivity index (χ4n) is 3.52. The molecule has 0 aromatic carbocycles. The quantitative estimate of drug-likeness (QED) is 0.589. The number of carbonyl (C=O) groups excluding carboxylic acids is 3. The lowest BCUT2D eigenvalue weighted by Crippen LogP contribution is -2.26. The third-order valence-electron chi connectivity index (χ3n) is 4.69. The van der Waals surface area contributed by atoms with Gasteiger partial charge in [0.2, 0.25) is 0 Å². The number of esters is 2. The molecule has 0 saturated carbocycles. The van der Waals surface area contributed by atoms with E-state index in [0.29, 0.717) is 12.8 Å². The SMILES string of the molecule is CC(=O)CC(OC(C)=O)C1=CC[C@H]2C(C)C(=O)O[C@H]2C[C@H]1C. The van der Waals surface area contributed by atoms with Crippen molar-refractivity contribution in [2.75, 3.05) is 0 Å². The second-order valence-corrected chi connectivity index (χ2v) is 6.51. The molecule has 2 rings (SSSR count). The number of allylic oxidation sites excluding steroid dienone is 1. The fourth-order valence-corrected chi connectivity index (χ4v) is 3.52. The van der Waals surface area contributed by atoms with Gasteiger partial charge < -0.3 is 9.47 Å². The second kappa shape index (κ2) is 6.63. The standard InChI is InChI=1S/C17H24O5/c1-9-7-15-14(11(3)17(20)22-15)6-5-13(9)16(8-10(2)18)21-12(4)19/h5,9,11,14-16H,6-8H2,1-4H3/t9-,11?,14+,15+,16?/m1/s1. The molecule has 1 heterocycles. The van der Waals surface area contributed by atoms with E-state index in [1.54, 1.807) is 0 Å². The molecule has 1 aliphatic carbocycles. The highest BCUT2D eigenvalue weighted by Crippen LogP contribution is 2.40. The van der Waals surface area contributed by atoms with Crippen molar-refractivity contribution in [3.8, 4) is 0 Å². The maximum Gasteiger partial charge on any atom is 0.309 e. The average Bonchev–Trinajstić information content (AvgIpc) is 2.56. The summed E-state index contributed by atoms with van der Waals surface area (Å²) in [6.45, 7) is 6.78. The highest BCUT2D eigenvalue weighted by molar-refractivity contribution is 5.77. The molecule has 5 heteroatoms. The maximum absolute atomic E-state index is 11.7. The molecular formula is C17H24O5. The Bertz CT molecular complexity index is 491. The molecule has 2 aliphatic rings. The number of hydrogen-bond acceptors (Lipinski definition) is 5. The summed E-state index contributed by atoms with van der Waals surface area (Å²) in [5.41, 5.74) is 0.975. The first-order valence-electron chi connectivity index (χ1n) is 7.86. The Morgan fingerprint density at radius 3 is 2.64 bits per heavy atom. The van der Waals surface area contributed by atoms with Crippen LogP contribution in [0.15, 0.2) is 11.6 Å². The molecule has 0 aromatic heterocycles. The van der Waals surface area contributed by atoms with E-state index in [2.05, 4.69) is 0 Å². The lowest BCUT2D eigenvalue weighted by Gasteiger charge is -2.24. The van der Waals surface area contributed by atoms with Crippen molar-refractivity contribution < 1.29 is 23.9 Å². The van der Waals surface area contributed by atoms with Gasteiger partial charge in [0.25, 0.3) is 0 Å². The van der Waals surface area contributed by atoms with E-state index in [0.717, 1.165) is 5.57 Å². The van der Waals surface area contributed by atoms with Crippen molar-refractivity contribution in [1.29, 1.82) is 0 Å². The highest BCUT2D eigenvalue weighted by Gasteiger charge is 2.44. The zero-order valence-electron chi connectivity index (χ0n) is 13.6. The molecule has 122 valence electrons. The van der Waals surface area contributed by atoms with E-state index < -0.39 is 6.10 Å². The molecule has 0 bridgehead atoms. The Kier molecular flexibility index (Phi) is 5.04. The minimum absolute atomic E-state index is 0.0106. The van der Waals surface area contributed by atoms with Crippen LogP contribution in [-0.2, 0) is 23.9 Å². The van der Waals surface area contributed by atoms with Crippen molar-refractivity contribution >= 4 is 17.7 Å². The first-order valence-corrected chi connectivity index (χ1v) is 7.86. The minimum atomic E-state index is -0.505. The normalized spacial score (nSPS) is 32.4. The molecule has 1 saturated heterocycles. The van der Waals surface area contributed by atoms with E-state index in [4.69, 9.17) is 9.47 Å². The molecule has 0 aromatic rings. The second-order valence-electron chi connectivity index (χ2n) is 6.51. The summed E-state index contributed by atoms with van der Waals surface area (Å²) in [6.07, 6.45) is 3.08. The third-order valence-corrected chi connectivity index (χ3v) is 4.69. The van der Waals surface area contributed by atoms with E-state index in [9.17, 15) is 14.4 Å². The summed E-state index contributed by atoms with van der Waals surface area (Å²) in [4.78, 5) is 34.5. The molecule has 0 spiro atoms. The first-order chi connectivity index (χ1) is 10.3. The van der Waals surface area contributed by atoms with Gasteiger partial charge in [0.15, 0.2) is 0 Å². The van der Waals surface area contributed by atoms with Crippen molar-refractivity contribution in [3.05, 3.63) is 11.6 Å². The summed E-state index contributed by atoms with van der Waals surface area (Å²) in [5.74, 6) is -0.348. The summed E-state index contributed by atoms with van der Waals surface area (Å²) in [6, 6.07) is 0. The molecule has 1 fully saturated rings. The number of Topliss-reactive ketones (excluding diaryl/α,β-unsaturated/α-hetero) is 1. The van der Waals surface area contributed by atoms with Crippen LogP contribution in [0.5, 0.6) is 0 Å². The number of hydrogen-bond donors (Lipinski definition) is 0. The average molecular weight is 308 g/mol. The van der Waals surface area contributed by atoms with Gasteiger partial charge in [-0.15, -0.1) is 0 Å². The van der Waals surface area contributed by atoms with E-state index in [-0.39, 0.29) is 48.0 Å². The van der Waals surface area contributed by atoms with Crippen LogP contribution in [0.25, 0.3) is 0 Å². The van der Waals surface area contributed by atoms with Crippen LogP contribution in [0.4, 0.5) is 0 Å². The Balaban J connectivity index is 2.21. The van der Waals surface area contributed by atoms with Crippen LogP contribution in [-0.4, -0.2) is 29.9 Å². The Morgan fingerprint density at radius 1 is 1.36 bits per heavy atom. The van der Waals surface area contributed by atoms with Crippen LogP contribution < -0.4 is 0 Å². The lowest BCUT2D eigenvalue weighted by molar-refractivity contribution is -0.145. The molecule has 5 atom stereocenters. The summed E-state index contributed by atoms with van der Waals surface area (Å²) < 4.78 is 10.8. The largest absolute Gasteiger partial charge is 0.462 e. The maximum atomic E-state index is 11.7. The predicted molar refractivity (Wildman–Crippen MR) is 79.9 cm³/mol. The number of ether oxygens (including phenoxy) is 2. The number of carbonyl (C=O) groups is 3. The van der Waals surface area contributed by atoms with E-state index in [1.165, 1.54) is 13.8 Å². The van der Waals surface area contributed by atoms with Gasteiger partial charge in [-0.3, -0.25) is 14.4 Å². The molecule has 22 heavy (non-hydrogen) atoms. The summed E-state index contributed by atoms with van der Waals surface area (Å²) in [5, 5.41) is 0. The van der Waals surface area contributed by atoms with Gasteiger partial charge in [0, 0.05) is 19.3 Å². The van der Waals surface area contributed by atoms with Gasteiger partial charge in [-0.25, -0.2) is 0 Å². The molecular weight excluding hydrogens is 284 g/mol. The number of ketones is 1. The van der Waals surface area contributed by atoms with Crippen molar-refractivity contribution in [2.24, 2.45) is 17.8 Å². The van der Waals surface area contributed by atoms with Crippen LogP contribution in [0, 0.1) is 17.8 Å². The fraction of sp³-hybridized carbons (Fsp3) is 0.706. The summed E-state index contributed by atoms with van der Waals surface area (Å²) in [7, 11) is 0. The Labute approximate surface area is 131 Å². The molecule has 0 amide bonds. The highest BCUT2D eigenvalue weighted by atomic mass is 16.6. The molecule has 0 radical (unpaired) electrons. The molecule has 1 aliphatic heterocycles. The van der Waals surface area contributed by atoms with Gasteiger partial charge in [-0.05, 0) is 31.3 Å². The van der Waals surface area contributed by atoms with Gasteiger partial charge in [0.1, 0.15) is 18.0 Å². The lowest BCUT2D eigenvalue weighted by atomic mass is 9.87. The van der Waals surface area contributed by atoms with Crippen LogP contribution >= 0.6 is 0 Å². The van der Waals surface area contributed by atoms with Crippen LogP contribution in [0.3, 0.4) is 0 Å². The molecule has 0 N–H and O–H groups in total. The van der Waals surface area contributed by atoms with Crippen LogP contribution in [0.1, 0.15) is 47.0 Å². The zero-order valence-corrected chi connectivity index (χ0v) is 13.6. The third kappa shape index (κ3) is 3.57. The Morgan fingerprint density at radius 2 is 2.05 bits per heavy atom. The monoisotopic (exact) mass is 308 g/mol. The van der Waals surface area contributed by atoms with Crippen molar-refractivity contribution in [2.45, 2.75) is 59.2 Å². The summed E-state index contributed by atoms with van der Waals surface area (Å²) >= 11 is 0. The topological polar surface area (TPSA) is 69.7 Å². The number of rotatable bonds is 4. The predicted octanol–water partition coefficient (Wildman–Crippen LogP) is 2.43. The van der Waals surface area contributed by atoms with Crippen molar-refractivity contribution in [1.82, 2.24) is 0 Å². The number of fused-ring (bicyclic) bond motifs is 1. The van der Waals surface area contributed by atoms with Gasteiger partial charge in [0.05, 0.1) is 5.92 Å². The molecule has 5 nitrogen and oxygen atoms in total. The molecule has 2 unspecified atom stereocenters. The van der Waals surface area contributed by atoms with E-state index in [1.807, 2.05) is 19.9 Å². The van der Waals surface area contributed by atoms with E-state index >= 15 is 0 Å². The first kappa shape index (κ1) is 16.7. The van der Waals surface area contributed by atoms with Crippen molar-refractivity contribution in [3.63, 3.8) is 0 Å². The van der Waals surface area contributed by atoms with Gasteiger partial charge in [-0.1, -0.05) is 19.9 Å².